The Morgan fingerprint density at radius 1 is 1.67 bits per heavy atom. The summed E-state index contributed by atoms with van der Waals surface area (Å²) in [6.45, 7) is 5.00. The Bertz CT molecular complexity index is 257. The van der Waals surface area contributed by atoms with Crippen molar-refractivity contribution in [2.75, 3.05) is 26.8 Å². The van der Waals surface area contributed by atoms with E-state index in [1.165, 1.54) is 0 Å². The molecule has 1 N–H and O–H groups in total. The van der Waals surface area contributed by atoms with Crippen LogP contribution in [0.5, 0.6) is 0 Å². The predicted molar refractivity (Wildman–Crippen MR) is 57.6 cm³/mol. The lowest BCUT2D eigenvalue weighted by Gasteiger charge is -2.39. The molecule has 0 aliphatic carbocycles. The van der Waals surface area contributed by atoms with E-state index in [4.69, 9.17) is 4.74 Å². The molecule has 86 valence electrons. The highest BCUT2D eigenvalue weighted by Gasteiger charge is 2.46. The SMILES string of the molecule is COCCN1CC[C@]2(C)NC(=O)CC[C@H]12. The number of hydrogen-bond donors (Lipinski definition) is 1. The quantitative estimate of drug-likeness (QED) is 0.735. The Morgan fingerprint density at radius 2 is 2.47 bits per heavy atom. The minimum Gasteiger partial charge on any atom is -0.383 e. The molecule has 1 amide bonds. The normalized spacial score (nSPS) is 36.4. The molecule has 0 saturated carbocycles. The summed E-state index contributed by atoms with van der Waals surface area (Å²) >= 11 is 0. The monoisotopic (exact) mass is 212 g/mol. The number of nitrogens with one attached hydrogen (secondary N) is 1. The van der Waals surface area contributed by atoms with Gasteiger partial charge in [-0.15, -0.1) is 0 Å². The summed E-state index contributed by atoms with van der Waals surface area (Å²) in [6, 6.07) is 0.505. The number of ether oxygens (including phenoxy) is 1. The molecule has 2 rings (SSSR count). The first kappa shape index (κ1) is 10.9. The van der Waals surface area contributed by atoms with Crippen LogP contribution < -0.4 is 5.32 Å². The van der Waals surface area contributed by atoms with Crippen molar-refractivity contribution in [3.8, 4) is 0 Å². The molecule has 2 fully saturated rings. The zero-order valence-corrected chi connectivity index (χ0v) is 9.58. The summed E-state index contributed by atoms with van der Waals surface area (Å²) in [5, 5.41) is 3.14. The molecule has 4 heteroatoms. The number of hydrogen-bond acceptors (Lipinski definition) is 3. The fraction of sp³-hybridized carbons (Fsp3) is 0.909. The van der Waals surface area contributed by atoms with Crippen molar-refractivity contribution in [1.29, 1.82) is 0 Å². The first-order chi connectivity index (χ1) is 7.15. The van der Waals surface area contributed by atoms with E-state index >= 15 is 0 Å². The van der Waals surface area contributed by atoms with Crippen LogP contribution >= 0.6 is 0 Å². The van der Waals surface area contributed by atoms with Crippen LogP contribution in [0.4, 0.5) is 0 Å². The first-order valence-corrected chi connectivity index (χ1v) is 5.70. The summed E-state index contributed by atoms with van der Waals surface area (Å²) in [7, 11) is 1.73. The number of amides is 1. The molecule has 0 aromatic heterocycles. The van der Waals surface area contributed by atoms with Gasteiger partial charge in [-0.25, -0.2) is 0 Å². The molecule has 2 saturated heterocycles. The fourth-order valence-corrected chi connectivity index (χ4v) is 2.87. The van der Waals surface area contributed by atoms with Gasteiger partial charge in [-0.05, 0) is 19.8 Å². The molecule has 2 heterocycles. The van der Waals surface area contributed by atoms with Crippen LogP contribution in [0.25, 0.3) is 0 Å². The van der Waals surface area contributed by atoms with Crippen LogP contribution in [-0.2, 0) is 9.53 Å². The number of carbonyl (C=O) groups is 1. The Hall–Kier alpha value is -0.610. The van der Waals surface area contributed by atoms with Gasteiger partial charge in [-0.1, -0.05) is 0 Å². The molecular weight excluding hydrogens is 192 g/mol. The molecule has 4 nitrogen and oxygen atoms in total. The number of rotatable bonds is 3. The average molecular weight is 212 g/mol. The Kier molecular flexibility index (Phi) is 2.98. The lowest BCUT2D eigenvalue weighted by atomic mass is 9.86. The van der Waals surface area contributed by atoms with E-state index in [0.29, 0.717) is 12.5 Å². The third-order valence-electron chi connectivity index (χ3n) is 3.75. The van der Waals surface area contributed by atoms with Crippen molar-refractivity contribution in [3.63, 3.8) is 0 Å². The number of nitrogens with zero attached hydrogens (tertiary/aromatic N) is 1. The van der Waals surface area contributed by atoms with E-state index in [2.05, 4.69) is 17.1 Å². The Labute approximate surface area is 91.0 Å². The van der Waals surface area contributed by atoms with Crippen molar-refractivity contribution in [2.45, 2.75) is 37.8 Å². The zero-order valence-electron chi connectivity index (χ0n) is 9.58. The van der Waals surface area contributed by atoms with E-state index < -0.39 is 0 Å². The van der Waals surface area contributed by atoms with E-state index in [1.807, 2.05) is 0 Å². The maximum atomic E-state index is 11.4. The predicted octanol–water partition coefficient (Wildman–Crippen LogP) is 0.376. The van der Waals surface area contributed by atoms with Gasteiger partial charge < -0.3 is 10.1 Å². The van der Waals surface area contributed by atoms with Gasteiger partial charge in [0, 0.05) is 32.7 Å². The van der Waals surface area contributed by atoms with Gasteiger partial charge in [-0.3, -0.25) is 9.69 Å². The van der Waals surface area contributed by atoms with Crippen molar-refractivity contribution >= 4 is 5.91 Å². The summed E-state index contributed by atoms with van der Waals surface area (Å²) in [4.78, 5) is 13.8. The first-order valence-electron chi connectivity index (χ1n) is 5.70. The lowest BCUT2D eigenvalue weighted by molar-refractivity contribution is -0.125. The van der Waals surface area contributed by atoms with Gasteiger partial charge >= 0.3 is 0 Å². The van der Waals surface area contributed by atoms with Gasteiger partial charge in [0.15, 0.2) is 0 Å². The zero-order chi connectivity index (χ0) is 10.9. The van der Waals surface area contributed by atoms with Gasteiger partial charge in [0.1, 0.15) is 0 Å². The van der Waals surface area contributed by atoms with Crippen LogP contribution in [0.1, 0.15) is 26.2 Å². The van der Waals surface area contributed by atoms with Crippen molar-refractivity contribution < 1.29 is 9.53 Å². The number of fused-ring (bicyclic) bond motifs is 1. The number of piperidine rings is 1. The topological polar surface area (TPSA) is 41.6 Å². The summed E-state index contributed by atoms with van der Waals surface area (Å²) in [5.74, 6) is 0.211. The van der Waals surface area contributed by atoms with Gasteiger partial charge in [0.05, 0.1) is 12.1 Å². The summed E-state index contributed by atoms with van der Waals surface area (Å²) in [5.41, 5.74) is 0.00305. The molecular formula is C11H20N2O2. The Balaban J connectivity index is 2.00. The van der Waals surface area contributed by atoms with E-state index in [9.17, 15) is 4.79 Å². The Morgan fingerprint density at radius 3 is 3.20 bits per heavy atom. The van der Waals surface area contributed by atoms with Crippen molar-refractivity contribution in [3.05, 3.63) is 0 Å². The van der Waals surface area contributed by atoms with Gasteiger partial charge in [0.2, 0.25) is 5.91 Å². The lowest BCUT2D eigenvalue weighted by Crippen LogP contribution is -2.58. The second kappa shape index (κ2) is 4.10. The van der Waals surface area contributed by atoms with Crippen molar-refractivity contribution in [1.82, 2.24) is 10.2 Å². The van der Waals surface area contributed by atoms with Crippen LogP contribution in [0.3, 0.4) is 0 Å². The molecule has 2 aliphatic rings. The molecule has 0 radical (unpaired) electrons. The van der Waals surface area contributed by atoms with E-state index in [1.54, 1.807) is 7.11 Å². The molecule has 0 spiro atoms. The minimum atomic E-state index is 0.00305. The fourth-order valence-electron chi connectivity index (χ4n) is 2.87. The maximum Gasteiger partial charge on any atom is 0.220 e. The second-order valence-electron chi connectivity index (χ2n) is 4.80. The third kappa shape index (κ3) is 2.01. The average Bonchev–Trinajstić information content (AvgIpc) is 2.51. The van der Waals surface area contributed by atoms with Gasteiger partial charge in [0.25, 0.3) is 0 Å². The minimum absolute atomic E-state index is 0.00305. The van der Waals surface area contributed by atoms with Crippen molar-refractivity contribution in [2.24, 2.45) is 0 Å². The molecule has 0 unspecified atom stereocenters. The number of methoxy groups -OCH3 is 1. The van der Waals surface area contributed by atoms with E-state index in [0.717, 1.165) is 32.5 Å². The highest BCUT2D eigenvalue weighted by molar-refractivity contribution is 5.78. The molecule has 0 aromatic carbocycles. The van der Waals surface area contributed by atoms with E-state index in [-0.39, 0.29) is 11.4 Å². The highest BCUT2D eigenvalue weighted by Crippen LogP contribution is 2.33. The standard InChI is InChI=1S/C11H20N2O2/c1-11-5-6-13(7-8-15-2)9(11)3-4-10(14)12-11/h9H,3-8H2,1-2H3,(H,12,14)/t9-,11-/m0/s1. The second-order valence-corrected chi connectivity index (χ2v) is 4.80. The number of likely N-dealkylation sites (tertiary alicyclic amines) is 1. The van der Waals surface area contributed by atoms with Crippen LogP contribution in [0.15, 0.2) is 0 Å². The van der Waals surface area contributed by atoms with Gasteiger partial charge in [-0.2, -0.15) is 0 Å². The summed E-state index contributed by atoms with van der Waals surface area (Å²) in [6.07, 6.45) is 2.73. The smallest absolute Gasteiger partial charge is 0.220 e. The highest BCUT2D eigenvalue weighted by atomic mass is 16.5. The molecule has 15 heavy (non-hydrogen) atoms. The molecule has 0 aromatic rings. The summed E-state index contributed by atoms with van der Waals surface area (Å²) < 4.78 is 5.11. The third-order valence-corrected chi connectivity index (χ3v) is 3.75. The largest absolute Gasteiger partial charge is 0.383 e. The number of carbonyl (C=O) groups excluding carboxylic acids is 1. The molecule has 0 bridgehead atoms. The maximum absolute atomic E-state index is 11.4. The van der Waals surface area contributed by atoms with Crippen LogP contribution in [0, 0.1) is 0 Å². The molecule has 2 aliphatic heterocycles. The van der Waals surface area contributed by atoms with Crippen LogP contribution in [0.2, 0.25) is 0 Å². The van der Waals surface area contributed by atoms with Crippen LogP contribution in [-0.4, -0.2) is 49.2 Å². The molecule has 2 atom stereocenters.